The van der Waals surface area contributed by atoms with E-state index in [2.05, 4.69) is 26.2 Å². The molecule has 0 spiro atoms. The summed E-state index contributed by atoms with van der Waals surface area (Å²) in [5, 5.41) is 15.6. The van der Waals surface area contributed by atoms with Gasteiger partial charge in [-0.05, 0) is 38.5 Å². The summed E-state index contributed by atoms with van der Waals surface area (Å²) in [7, 11) is 0. The van der Waals surface area contributed by atoms with E-state index < -0.39 is 35.4 Å². The fourth-order valence-electron chi connectivity index (χ4n) is 4.47. The number of halogens is 2. The summed E-state index contributed by atoms with van der Waals surface area (Å²) in [5.74, 6) is -1.64. The summed E-state index contributed by atoms with van der Waals surface area (Å²) < 4.78 is 25.5. The molecular weight excluding hydrogens is 555 g/mol. The largest absolute Gasteiger partial charge is 0.480 e. The van der Waals surface area contributed by atoms with Crippen molar-refractivity contribution >= 4 is 45.0 Å². The maximum absolute atomic E-state index is 13.9. The fraction of sp³-hybridized carbons (Fsp3) is 0.417. The zero-order chi connectivity index (χ0) is 26.0. The standard InChI is InChI=1S/C24H26BrFN4O5S/c1-4-34-23(33)17-16(12-30-8-9-35-24(2,3)19(30)22(31)32)28-20(21-27-7-10-36-21)29-18(17)14-6-5-13(26)11-15(14)25/h5-7,10-11,18-19H,4,8-9,12H2,1-3H3,(H,28,29)(H,31,32). The molecule has 1 aromatic carbocycles. The van der Waals surface area contributed by atoms with Crippen LogP contribution in [0.2, 0.25) is 0 Å². The average molecular weight is 581 g/mol. The Bertz CT molecular complexity index is 1220. The third-order valence-corrected chi connectivity index (χ3v) is 7.45. The van der Waals surface area contributed by atoms with E-state index in [1.54, 1.807) is 43.3 Å². The Morgan fingerprint density at radius 2 is 2.19 bits per heavy atom. The van der Waals surface area contributed by atoms with Crippen LogP contribution in [-0.4, -0.2) is 70.7 Å². The number of carbonyl (C=O) groups is 2. The predicted octanol–water partition coefficient (Wildman–Crippen LogP) is 3.52. The summed E-state index contributed by atoms with van der Waals surface area (Å²) in [5.41, 5.74) is 0.274. The Morgan fingerprint density at radius 3 is 2.83 bits per heavy atom. The first-order chi connectivity index (χ1) is 17.1. The van der Waals surface area contributed by atoms with Crippen LogP contribution in [0.1, 0.15) is 37.4 Å². The van der Waals surface area contributed by atoms with Gasteiger partial charge in [0.2, 0.25) is 0 Å². The van der Waals surface area contributed by atoms with Crippen molar-refractivity contribution in [3.63, 3.8) is 0 Å². The molecule has 12 heteroatoms. The van der Waals surface area contributed by atoms with Gasteiger partial charge in [0.25, 0.3) is 0 Å². The Hall–Kier alpha value is -2.67. The highest BCUT2D eigenvalue weighted by Gasteiger charge is 2.45. The molecule has 192 valence electrons. The number of hydrogen-bond donors (Lipinski definition) is 2. The minimum Gasteiger partial charge on any atom is -0.480 e. The van der Waals surface area contributed by atoms with Crippen molar-refractivity contribution in [3.05, 3.63) is 61.9 Å². The molecule has 2 atom stereocenters. The number of nitrogens with one attached hydrogen (secondary N) is 1. The van der Waals surface area contributed by atoms with Crippen LogP contribution in [0.25, 0.3) is 0 Å². The van der Waals surface area contributed by atoms with Crippen LogP contribution in [0.5, 0.6) is 0 Å². The number of morpholine rings is 1. The number of carboxylic acids is 1. The average Bonchev–Trinajstić information content (AvgIpc) is 3.33. The molecule has 0 amide bonds. The number of amidine groups is 1. The van der Waals surface area contributed by atoms with Crippen LogP contribution < -0.4 is 5.32 Å². The van der Waals surface area contributed by atoms with Crippen LogP contribution in [0, 0.1) is 5.82 Å². The third-order valence-electron chi connectivity index (χ3n) is 5.98. The van der Waals surface area contributed by atoms with Gasteiger partial charge in [0, 0.05) is 34.8 Å². The van der Waals surface area contributed by atoms with Crippen LogP contribution in [0.15, 0.2) is 50.5 Å². The molecular formula is C24H26BrFN4O5S. The second-order valence-electron chi connectivity index (χ2n) is 8.78. The molecule has 0 bridgehead atoms. The zero-order valence-electron chi connectivity index (χ0n) is 20.0. The lowest BCUT2D eigenvalue weighted by Gasteiger charge is -2.44. The number of aliphatic carboxylic acids is 1. The normalized spacial score (nSPS) is 22.1. The summed E-state index contributed by atoms with van der Waals surface area (Å²) in [4.78, 5) is 36.4. The molecule has 0 radical (unpaired) electrons. The van der Waals surface area contributed by atoms with E-state index in [1.807, 2.05) is 0 Å². The van der Waals surface area contributed by atoms with E-state index >= 15 is 0 Å². The van der Waals surface area contributed by atoms with E-state index in [1.165, 1.54) is 23.5 Å². The van der Waals surface area contributed by atoms with Gasteiger partial charge in [-0.1, -0.05) is 22.0 Å². The second-order valence-corrected chi connectivity index (χ2v) is 10.5. The number of carboxylic acid groups (broad SMARTS) is 1. The Balaban J connectivity index is 1.85. The molecule has 2 aromatic rings. The van der Waals surface area contributed by atoms with Gasteiger partial charge in [-0.15, -0.1) is 11.3 Å². The number of carbonyl (C=O) groups excluding carboxylic acids is 1. The van der Waals surface area contributed by atoms with Crippen LogP contribution in [-0.2, 0) is 19.1 Å². The molecule has 0 saturated carbocycles. The van der Waals surface area contributed by atoms with Crippen molar-refractivity contribution in [2.75, 3.05) is 26.3 Å². The number of esters is 1. The number of rotatable bonds is 7. The van der Waals surface area contributed by atoms with Gasteiger partial charge in [0.05, 0.1) is 24.4 Å². The molecule has 2 N–H and O–H groups in total. The lowest BCUT2D eigenvalue weighted by Crippen LogP contribution is -2.61. The van der Waals surface area contributed by atoms with Crippen molar-refractivity contribution in [2.24, 2.45) is 4.99 Å². The highest BCUT2D eigenvalue weighted by Crippen LogP contribution is 2.37. The van der Waals surface area contributed by atoms with Crippen molar-refractivity contribution in [2.45, 2.75) is 38.5 Å². The first-order valence-electron chi connectivity index (χ1n) is 11.3. The molecule has 2 aliphatic rings. The number of aliphatic imine (C=N–C) groups is 1. The van der Waals surface area contributed by atoms with Gasteiger partial charge in [0.15, 0.2) is 10.8 Å². The van der Waals surface area contributed by atoms with Crippen molar-refractivity contribution < 1.29 is 28.6 Å². The van der Waals surface area contributed by atoms with Gasteiger partial charge in [-0.25, -0.2) is 14.2 Å². The monoisotopic (exact) mass is 580 g/mol. The van der Waals surface area contributed by atoms with Crippen LogP contribution in [0.3, 0.4) is 0 Å². The minimum absolute atomic E-state index is 0.0949. The molecule has 2 aliphatic heterocycles. The molecule has 1 saturated heterocycles. The lowest BCUT2D eigenvalue weighted by atomic mass is 9.92. The number of nitrogens with zero attached hydrogens (tertiary/aromatic N) is 3. The third kappa shape index (κ3) is 5.36. The van der Waals surface area contributed by atoms with Crippen molar-refractivity contribution in [1.29, 1.82) is 0 Å². The number of ether oxygens (including phenoxy) is 2. The highest BCUT2D eigenvalue weighted by molar-refractivity contribution is 9.10. The number of thiazole rings is 1. The van der Waals surface area contributed by atoms with E-state index in [9.17, 15) is 19.1 Å². The first-order valence-corrected chi connectivity index (χ1v) is 13.0. The van der Waals surface area contributed by atoms with Gasteiger partial charge in [0.1, 0.15) is 17.9 Å². The molecule has 1 fully saturated rings. The highest BCUT2D eigenvalue weighted by atomic mass is 79.9. The van der Waals surface area contributed by atoms with E-state index in [-0.39, 0.29) is 18.7 Å². The van der Waals surface area contributed by atoms with Crippen molar-refractivity contribution in [1.82, 2.24) is 15.2 Å². The molecule has 3 heterocycles. The van der Waals surface area contributed by atoms with E-state index in [0.29, 0.717) is 39.7 Å². The topological polar surface area (TPSA) is 113 Å². The molecule has 4 rings (SSSR count). The molecule has 2 unspecified atom stereocenters. The molecule has 9 nitrogen and oxygen atoms in total. The fourth-order valence-corrected chi connectivity index (χ4v) is 5.62. The first kappa shape index (κ1) is 26.4. The maximum Gasteiger partial charge on any atom is 0.338 e. The van der Waals surface area contributed by atoms with Crippen LogP contribution >= 0.6 is 27.3 Å². The van der Waals surface area contributed by atoms with Gasteiger partial charge < -0.3 is 19.9 Å². The molecule has 0 aliphatic carbocycles. The number of aromatic nitrogens is 1. The number of hydrogen-bond acceptors (Lipinski definition) is 9. The second kappa shape index (κ2) is 10.8. The van der Waals surface area contributed by atoms with E-state index in [0.717, 1.165) is 0 Å². The summed E-state index contributed by atoms with van der Waals surface area (Å²) in [6, 6.07) is 2.37. The maximum atomic E-state index is 13.9. The molecule has 36 heavy (non-hydrogen) atoms. The predicted molar refractivity (Wildman–Crippen MR) is 135 cm³/mol. The van der Waals surface area contributed by atoms with Crippen molar-refractivity contribution in [3.8, 4) is 0 Å². The summed E-state index contributed by atoms with van der Waals surface area (Å²) >= 11 is 4.77. The zero-order valence-corrected chi connectivity index (χ0v) is 22.4. The lowest BCUT2D eigenvalue weighted by molar-refractivity contribution is -0.170. The Labute approximate surface area is 220 Å². The van der Waals surface area contributed by atoms with Crippen LogP contribution in [0.4, 0.5) is 4.39 Å². The Kier molecular flexibility index (Phi) is 7.88. The quantitative estimate of drug-likeness (QED) is 0.478. The minimum atomic E-state index is -1.03. The number of benzene rings is 1. The van der Waals surface area contributed by atoms with Gasteiger partial charge >= 0.3 is 11.9 Å². The molecule has 1 aromatic heterocycles. The summed E-state index contributed by atoms with van der Waals surface area (Å²) in [6.07, 6.45) is 1.64. The summed E-state index contributed by atoms with van der Waals surface area (Å²) in [6.45, 7) is 6.07. The smallest absolute Gasteiger partial charge is 0.338 e. The van der Waals surface area contributed by atoms with Gasteiger partial charge in [-0.2, -0.15) is 0 Å². The van der Waals surface area contributed by atoms with Gasteiger partial charge in [-0.3, -0.25) is 14.7 Å². The Morgan fingerprint density at radius 1 is 1.42 bits per heavy atom. The van der Waals surface area contributed by atoms with E-state index in [4.69, 9.17) is 14.5 Å². The SMILES string of the molecule is CCOC(=O)C1=C(CN2CCOC(C)(C)C2C(=O)O)NC(c2nccs2)=NC1c1ccc(F)cc1Br.